The van der Waals surface area contributed by atoms with E-state index in [1.807, 2.05) is 41.5 Å². The summed E-state index contributed by atoms with van der Waals surface area (Å²) in [6.45, 7) is 15.7. The SMILES string of the molecule is CN=C(NCCCN(C(=O)OC(C)(C)C)C(C)C)NCc1nc(C)c(C)s1. The molecule has 1 amide bonds. The topological polar surface area (TPSA) is 78.9 Å². The van der Waals surface area contributed by atoms with Crippen molar-refractivity contribution in [3.63, 3.8) is 0 Å². The highest BCUT2D eigenvalue weighted by Gasteiger charge is 2.23. The highest BCUT2D eigenvalue weighted by molar-refractivity contribution is 7.11. The third-order valence-corrected chi connectivity index (χ3v) is 4.90. The van der Waals surface area contributed by atoms with Crippen molar-refractivity contribution in [3.8, 4) is 0 Å². The Kier molecular flexibility index (Phi) is 9.02. The summed E-state index contributed by atoms with van der Waals surface area (Å²) in [6.07, 6.45) is 0.530. The number of nitrogens with one attached hydrogen (secondary N) is 2. The Balaban J connectivity index is 2.41. The predicted octanol–water partition coefficient (Wildman–Crippen LogP) is 3.46. The standard InChI is InChI=1S/C19H35N5O2S/c1-13(2)24(18(25)26-19(5,6)7)11-9-10-21-17(20-8)22-12-16-23-14(3)15(4)27-16/h13H,9-12H2,1-8H3,(H2,20,21,22). The van der Waals surface area contributed by atoms with Crippen LogP contribution in [0, 0.1) is 13.8 Å². The Bertz CT molecular complexity index is 615. The molecule has 0 aromatic carbocycles. The highest BCUT2D eigenvalue weighted by Crippen LogP contribution is 2.16. The van der Waals surface area contributed by atoms with Crippen molar-refractivity contribution in [2.24, 2.45) is 4.99 Å². The summed E-state index contributed by atoms with van der Waals surface area (Å²) in [5.74, 6) is 0.730. The number of aromatic nitrogens is 1. The molecule has 0 saturated heterocycles. The first-order chi connectivity index (χ1) is 12.5. The van der Waals surface area contributed by atoms with Crippen LogP contribution in [0.5, 0.6) is 0 Å². The number of aliphatic imine (C=N–C) groups is 1. The number of hydrogen-bond acceptors (Lipinski definition) is 5. The van der Waals surface area contributed by atoms with Gasteiger partial charge in [-0.15, -0.1) is 11.3 Å². The van der Waals surface area contributed by atoms with Crippen LogP contribution in [0.15, 0.2) is 4.99 Å². The first-order valence-corrected chi connectivity index (χ1v) is 10.2. The molecule has 0 fully saturated rings. The van der Waals surface area contributed by atoms with Crippen molar-refractivity contribution < 1.29 is 9.53 Å². The number of carbonyl (C=O) groups excluding carboxylic acids is 1. The number of rotatable bonds is 7. The van der Waals surface area contributed by atoms with Gasteiger partial charge in [-0.1, -0.05) is 0 Å². The molecule has 1 aromatic rings. The van der Waals surface area contributed by atoms with Gasteiger partial charge in [0.2, 0.25) is 0 Å². The Morgan fingerprint density at radius 3 is 2.44 bits per heavy atom. The van der Waals surface area contributed by atoms with Crippen molar-refractivity contribution in [1.29, 1.82) is 0 Å². The average Bonchev–Trinajstić information content (AvgIpc) is 2.86. The third-order valence-electron chi connectivity index (χ3n) is 3.82. The number of hydrogen-bond donors (Lipinski definition) is 2. The van der Waals surface area contributed by atoms with E-state index >= 15 is 0 Å². The summed E-state index contributed by atoms with van der Waals surface area (Å²) in [5.41, 5.74) is 0.594. The van der Waals surface area contributed by atoms with Crippen LogP contribution in [0.2, 0.25) is 0 Å². The predicted molar refractivity (Wildman–Crippen MR) is 112 cm³/mol. The van der Waals surface area contributed by atoms with Crippen LogP contribution in [-0.4, -0.2) is 53.7 Å². The van der Waals surface area contributed by atoms with E-state index in [1.54, 1.807) is 23.3 Å². The van der Waals surface area contributed by atoms with E-state index in [-0.39, 0.29) is 12.1 Å². The van der Waals surface area contributed by atoms with Crippen molar-refractivity contribution in [2.45, 2.75) is 73.1 Å². The van der Waals surface area contributed by atoms with Gasteiger partial charge in [-0.3, -0.25) is 4.99 Å². The van der Waals surface area contributed by atoms with Gasteiger partial charge >= 0.3 is 6.09 Å². The third kappa shape index (κ3) is 8.60. The zero-order chi connectivity index (χ0) is 20.6. The number of carbonyl (C=O) groups is 1. The zero-order valence-electron chi connectivity index (χ0n) is 18.0. The van der Waals surface area contributed by atoms with Crippen LogP contribution in [0.4, 0.5) is 4.79 Å². The van der Waals surface area contributed by atoms with Crippen LogP contribution in [0.1, 0.15) is 56.6 Å². The monoisotopic (exact) mass is 397 g/mol. The Morgan fingerprint density at radius 2 is 1.96 bits per heavy atom. The maximum Gasteiger partial charge on any atom is 0.410 e. The maximum atomic E-state index is 12.3. The second kappa shape index (κ2) is 10.5. The largest absolute Gasteiger partial charge is 0.444 e. The smallest absolute Gasteiger partial charge is 0.410 e. The molecule has 27 heavy (non-hydrogen) atoms. The maximum absolute atomic E-state index is 12.3. The number of guanidine groups is 1. The molecule has 0 atom stereocenters. The minimum atomic E-state index is -0.485. The minimum absolute atomic E-state index is 0.0914. The van der Waals surface area contributed by atoms with Crippen LogP contribution in [0.3, 0.4) is 0 Å². The fraction of sp³-hybridized carbons (Fsp3) is 0.737. The quantitative estimate of drug-likeness (QED) is 0.418. The number of thiazole rings is 1. The van der Waals surface area contributed by atoms with E-state index in [0.717, 1.165) is 23.1 Å². The molecule has 0 spiro atoms. The summed E-state index contributed by atoms with van der Waals surface area (Å²) in [6, 6.07) is 0.0914. The van der Waals surface area contributed by atoms with Gasteiger partial charge in [0.1, 0.15) is 10.6 Å². The van der Waals surface area contributed by atoms with Gasteiger partial charge in [0.05, 0.1) is 12.2 Å². The Hall–Kier alpha value is -1.83. The molecule has 8 heteroatoms. The molecule has 0 saturated carbocycles. The highest BCUT2D eigenvalue weighted by atomic mass is 32.1. The molecule has 154 valence electrons. The summed E-state index contributed by atoms with van der Waals surface area (Å²) in [4.78, 5) is 24.1. The fourth-order valence-corrected chi connectivity index (χ4v) is 3.21. The van der Waals surface area contributed by atoms with Crippen molar-refractivity contribution in [3.05, 3.63) is 15.6 Å². The van der Waals surface area contributed by atoms with E-state index in [4.69, 9.17) is 4.74 Å². The lowest BCUT2D eigenvalue weighted by molar-refractivity contribution is 0.0190. The molecule has 0 aliphatic heterocycles. The van der Waals surface area contributed by atoms with Gasteiger partial charge in [-0.05, 0) is 54.9 Å². The van der Waals surface area contributed by atoms with Crippen molar-refractivity contribution >= 4 is 23.4 Å². The first-order valence-electron chi connectivity index (χ1n) is 9.40. The van der Waals surface area contributed by atoms with E-state index < -0.39 is 5.60 Å². The summed E-state index contributed by atoms with van der Waals surface area (Å²) in [5, 5.41) is 7.60. The molecular weight excluding hydrogens is 362 g/mol. The Morgan fingerprint density at radius 1 is 1.30 bits per heavy atom. The molecule has 0 radical (unpaired) electrons. The summed E-state index contributed by atoms with van der Waals surface area (Å²) >= 11 is 1.70. The fourth-order valence-electron chi connectivity index (χ4n) is 2.33. The number of ether oxygens (including phenoxy) is 1. The molecule has 1 aromatic heterocycles. The zero-order valence-corrected chi connectivity index (χ0v) is 18.8. The molecule has 0 aliphatic carbocycles. The normalized spacial score (nSPS) is 12.3. The number of amides is 1. The van der Waals surface area contributed by atoms with Gasteiger partial charge < -0.3 is 20.3 Å². The van der Waals surface area contributed by atoms with Crippen LogP contribution in [-0.2, 0) is 11.3 Å². The number of aryl methyl sites for hydroxylation is 2. The first kappa shape index (κ1) is 23.2. The molecular formula is C19H35N5O2S. The second-order valence-electron chi connectivity index (χ2n) is 7.72. The van der Waals surface area contributed by atoms with E-state index in [9.17, 15) is 4.79 Å². The number of nitrogens with zero attached hydrogens (tertiary/aromatic N) is 3. The summed E-state index contributed by atoms with van der Waals surface area (Å²) in [7, 11) is 1.74. The van der Waals surface area contributed by atoms with Crippen LogP contribution < -0.4 is 10.6 Å². The average molecular weight is 398 g/mol. The lowest BCUT2D eigenvalue weighted by Gasteiger charge is -2.30. The lowest BCUT2D eigenvalue weighted by Crippen LogP contribution is -2.43. The molecule has 7 nitrogen and oxygen atoms in total. The Labute approximate surface area is 167 Å². The van der Waals surface area contributed by atoms with Crippen LogP contribution in [0.25, 0.3) is 0 Å². The van der Waals surface area contributed by atoms with Gasteiger partial charge in [-0.25, -0.2) is 9.78 Å². The van der Waals surface area contributed by atoms with Crippen molar-refractivity contribution in [2.75, 3.05) is 20.1 Å². The summed E-state index contributed by atoms with van der Waals surface area (Å²) < 4.78 is 5.48. The van der Waals surface area contributed by atoms with Gasteiger partial charge in [-0.2, -0.15) is 0 Å². The van der Waals surface area contributed by atoms with Gasteiger partial charge in [0.25, 0.3) is 0 Å². The second-order valence-corrected chi connectivity index (χ2v) is 9.01. The molecule has 0 aliphatic rings. The van der Waals surface area contributed by atoms with Gasteiger partial charge in [0.15, 0.2) is 5.96 Å². The van der Waals surface area contributed by atoms with Gasteiger partial charge in [0, 0.05) is 31.1 Å². The molecule has 1 rings (SSSR count). The minimum Gasteiger partial charge on any atom is -0.444 e. The van der Waals surface area contributed by atoms with Crippen molar-refractivity contribution in [1.82, 2.24) is 20.5 Å². The van der Waals surface area contributed by atoms with E-state index in [1.165, 1.54) is 4.88 Å². The van der Waals surface area contributed by atoms with E-state index in [2.05, 4.69) is 27.5 Å². The molecule has 0 bridgehead atoms. The molecule has 2 N–H and O–H groups in total. The lowest BCUT2D eigenvalue weighted by atomic mass is 10.2. The molecule has 1 heterocycles. The van der Waals surface area contributed by atoms with Crippen LogP contribution >= 0.6 is 11.3 Å². The van der Waals surface area contributed by atoms with E-state index in [0.29, 0.717) is 19.6 Å². The molecule has 0 unspecified atom stereocenters.